The van der Waals surface area contributed by atoms with Crippen molar-refractivity contribution in [3.8, 4) is 67.5 Å². The summed E-state index contributed by atoms with van der Waals surface area (Å²) in [5, 5.41) is 0. The highest BCUT2D eigenvalue weighted by Crippen LogP contribution is 2.48. The van der Waals surface area contributed by atoms with Crippen LogP contribution in [0, 0.1) is 0 Å². The van der Waals surface area contributed by atoms with Gasteiger partial charge in [-0.15, -0.1) is 0 Å². The van der Waals surface area contributed by atoms with Gasteiger partial charge in [-0.05, 0) is 139 Å². The largest absolute Gasteiger partial charge is 0.458 e. The lowest BCUT2D eigenvalue weighted by Gasteiger charge is -2.38. The van der Waals surface area contributed by atoms with Gasteiger partial charge in [-0.2, -0.15) is 0 Å². The van der Waals surface area contributed by atoms with E-state index in [1.807, 2.05) is 23.5 Å². The third-order valence-electron chi connectivity index (χ3n) is 17.3. The van der Waals surface area contributed by atoms with E-state index in [4.69, 9.17) is 9.47 Å². The summed E-state index contributed by atoms with van der Waals surface area (Å²) in [5.74, 6) is 3.29. The molecule has 0 fully saturated rings. The van der Waals surface area contributed by atoms with Crippen molar-refractivity contribution < 1.29 is 9.47 Å². The van der Waals surface area contributed by atoms with Gasteiger partial charge in [0.25, 0.3) is 13.4 Å². The molecule has 13 aromatic carbocycles. The van der Waals surface area contributed by atoms with Crippen molar-refractivity contribution >= 4 is 104 Å². The third kappa shape index (κ3) is 8.74. The Kier molecular flexibility index (Phi) is 12.2. The molecule has 17 rings (SSSR count). The fourth-order valence-corrected chi connectivity index (χ4v) is 15.6. The van der Waals surface area contributed by atoms with Gasteiger partial charge in [0.05, 0.1) is 11.4 Å². The summed E-state index contributed by atoms with van der Waals surface area (Å²) in [5.41, 5.74) is 22.9. The van der Waals surface area contributed by atoms with E-state index in [9.17, 15) is 0 Å². The summed E-state index contributed by atoms with van der Waals surface area (Å²) in [6.07, 6.45) is 0. The summed E-state index contributed by atoms with van der Waals surface area (Å²) >= 11 is 3.67. The second-order valence-corrected chi connectivity index (χ2v) is 24.5. The monoisotopic (exact) mass is 1130 g/mol. The first-order valence-corrected chi connectivity index (χ1v) is 30.9. The maximum atomic E-state index is 7.41. The summed E-state index contributed by atoms with van der Waals surface area (Å²) < 4.78 is 14.8. The summed E-state index contributed by atoms with van der Waals surface area (Å²) in [6.45, 7) is -0.147. The molecule has 13 aromatic rings. The fraction of sp³-hybridized carbons (Fsp3) is 0. The van der Waals surface area contributed by atoms with Crippen LogP contribution in [0.1, 0.15) is 0 Å². The molecule has 0 atom stereocenters. The van der Waals surface area contributed by atoms with Crippen LogP contribution in [0.5, 0.6) is 23.0 Å². The number of benzene rings is 13. The van der Waals surface area contributed by atoms with Crippen LogP contribution in [0.25, 0.3) is 44.5 Å². The van der Waals surface area contributed by atoms with Crippen molar-refractivity contribution in [3.63, 3.8) is 0 Å². The van der Waals surface area contributed by atoms with E-state index < -0.39 is 0 Å². The lowest BCUT2D eigenvalue weighted by Crippen LogP contribution is -2.61. The zero-order chi connectivity index (χ0) is 56.7. The maximum Gasteiger partial charge on any atom is 0.253 e. The number of ether oxygens (including phenoxy) is 2. The zero-order valence-corrected chi connectivity index (χ0v) is 48.2. The Bertz CT molecular complexity index is 4280. The lowest BCUT2D eigenvalue weighted by atomic mass is 9.32. The van der Waals surface area contributed by atoms with E-state index in [-0.39, 0.29) is 13.4 Å². The molecule has 4 heterocycles. The minimum atomic E-state index is -0.0733. The van der Waals surface area contributed by atoms with E-state index in [1.54, 1.807) is 0 Å². The average molecular weight is 1130 g/mol. The van der Waals surface area contributed by atoms with E-state index >= 15 is 0 Å². The number of hydrogen-bond donors (Lipinski definition) is 0. The average Bonchev–Trinajstić information content (AvgIpc) is 2.20. The van der Waals surface area contributed by atoms with E-state index in [1.165, 1.54) is 85.9 Å². The quantitative estimate of drug-likeness (QED) is 0.127. The first-order valence-electron chi connectivity index (χ1n) is 29.3. The van der Waals surface area contributed by atoms with Crippen molar-refractivity contribution in [2.45, 2.75) is 19.6 Å². The molecule has 4 aliphatic rings. The lowest BCUT2D eigenvalue weighted by molar-refractivity contribution is 0.464. The normalized spacial score (nSPS) is 12.7. The molecule has 0 radical (unpaired) electrons. The maximum absolute atomic E-state index is 7.41. The fourth-order valence-electron chi connectivity index (χ4n) is 13.2. The minimum absolute atomic E-state index is 0.0733. The molecule has 8 heteroatoms. The molecule has 0 unspecified atom stereocenters. The van der Waals surface area contributed by atoms with Crippen LogP contribution in [0.15, 0.2) is 323 Å². The van der Waals surface area contributed by atoms with Crippen LogP contribution >= 0.6 is 23.5 Å². The zero-order valence-electron chi connectivity index (χ0n) is 46.5. The number of anilines is 6. The van der Waals surface area contributed by atoms with Gasteiger partial charge in [0.15, 0.2) is 0 Å². The van der Waals surface area contributed by atoms with Gasteiger partial charge in [0.1, 0.15) is 23.0 Å². The highest BCUT2D eigenvalue weighted by atomic mass is 32.2. The van der Waals surface area contributed by atoms with Crippen molar-refractivity contribution in [1.29, 1.82) is 0 Å². The Morgan fingerprint density at radius 3 is 0.837 bits per heavy atom. The van der Waals surface area contributed by atoms with Gasteiger partial charge in [-0.3, -0.25) is 0 Å². The van der Waals surface area contributed by atoms with Crippen LogP contribution in [0.3, 0.4) is 0 Å². The molecule has 0 spiro atoms. The molecule has 4 aliphatic heterocycles. The third-order valence-corrected chi connectivity index (χ3v) is 19.6. The minimum Gasteiger partial charge on any atom is -0.458 e. The molecular formula is C78H50B2N2O2S2. The molecule has 4 nitrogen and oxygen atoms in total. The molecule has 0 saturated heterocycles. The smallest absolute Gasteiger partial charge is 0.253 e. The molecule has 0 aliphatic carbocycles. The SMILES string of the molecule is c1ccc(-c2ccc(N(c3ccc(-c4ccccc4)cc3)c3cc4c5c(c3)Sc3ccccc3B5c3cc5c(cc3O4)Oc3cc(N(c4ccc(-c6ccccc6)cc4)c4ccc(-c6ccccc6)cc4)cc4c3B5c3ccccc3S4)cc2)cc1. The van der Waals surface area contributed by atoms with Gasteiger partial charge in [0, 0.05) is 60.5 Å². The van der Waals surface area contributed by atoms with Gasteiger partial charge >= 0.3 is 0 Å². The van der Waals surface area contributed by atoms with Gasteiger partial charge < -0.3 is 19.3 Å². The van der Waals surface area contributed by atoms with Crippen LogP contribution in [-0.2, 0) is 0 Å². The number of nitrogens with zero attached hydrogens (tertiary/aromatic N) is 2. The second-order valence-electron chi connectivity index (χ2n) is 22.3. The Morgan fingerprint density at radius 1 is 0.221 bits per heavy atom. The first kappa shape index (κ1) is 50.4. The summed E-state index contributed by atoms with van der Waals surface area (Å²) in [6, 6.07) is 110. The Morgan fingerprint density at radius 2 is 0.512 bits per heavy atom. The number of fused-ring (bicyclic) bond motifs is 8. The molecule has 0 amide bonds. The van der Waals surface area contributed by atoms with Crippen molar-refractivity contribution in [3.05, 3.63) is 303 Å². The first-order chi connectivity index (χ1) is 42.6. The van der Waals surface area contributed by atoms with Crippen molar-refractivity contribution in [2.24, 2.45) is 0 Å². The molecule has 86 heavy (non-hydrogen) atoms. The predicted octanol–water partition coefficient (Wildman–Crippen LogP) is 17.5. The molecule has 0 bridgehead atoms. The predicted molar refractivity (Wildman–Crippen MR) is 361 cm³/mol. The Hall–Kier alpha value is -10.1. The standard InChI is InChI=1S/C78H50B2N2O2S2/c1-5-17-51(18-6-1)55-29-37-59(38-30-55)81(60-39-31-56(32-40-60)52-19-7-2-8-20-52)63-45-71-77-75(47-63)85-73-27-15-13-25-65(73)79(77)67-49-68-70(50-69(67)83-71)84-72-46-64(48-76-78(72)80(68)66-26-14-16-28-74(66)86-76)82(61-41-33-57(34-42-61)53-21-9-3-10-22-53)62-43-35-58(36-44-62)54-23-11-4-12-24-54/h1-50H. The second kappa shape index (κ2) is 20.9. The Balaban J connectivity index is 0.801. The van der Waals surface area contributed by atoms with Crippen molar-refractivity contribution in [2.75, 3.05) is 9.80 Å². The van der Waals surface area contributed by atoms with Crippen LogP contribution in [0.4, 0.5) is 34.1 Å². The van der Waals surface area contributed by atoms with E-state index in [0.29, 0.717) is 0 Å². The molecular weight excluding hydrogens is 1080 g/mol. The highest BCUT2D eigenvalue weighted by Gasteiger charge is 2.45. The van der Waals surface area contributed by atoms with Gasteiger partial charge in [-0.25, -0.2) is 0 Å². The summed E-state index contributed by atoms with van der Waals surface area (Å²) in [4.78, 5) is 9.59. The van der Waals surface area contributed by atoms with Gasteiger partial charge in [0.2, 0.25) is 0 Å². The van der Waals surface area contributed by atoms with Crippen molar-refractivity contribution in [1.82, 2.24) is 0 Å². The number of hydrogen-bond acceptors (Lipinski definition) is 6. The molecule has 402 valence electrons. The van der Waals surface area contributed by atoms with Gasteiger partial charge in [-0.1, -0.05) is 247 Å². The van der Waals surface area contributed by atoms with E-state index in [0.717, 1.165) is 68.0 Å². The van der Waals surface area contributed by atoms with Crippen LogP contribution in [-0.4, -0.2) is 13.4 Å². The summed E-state index contributed by atoms with van der Waals surface area (Å²) in [7, 11) is 0. The molecule has 0 saturated carbocycles. The Labute approximate surface area is 510 Å². The van der Waals surface area contributed by atoms with E-state index in [2.05, 4.69) is 313 Å². The highest BCUT2D eigenvalue weighted by molar-refractivity contribution is 8.00. The topological polar surface area (TPSA) is 24.9 Å². The molecule has 0 aromatic heterocycles. The van der Waals surface area contributed by atoms with Crippen LogP contribution in [0.2, 0.25) is 0 Å². The number of rotatable bonds is 10. The molecule has 0 N–H and O–H groups in total. The van der Waals surface area contributed by atoms with Crippen LogP contribution < -0.4 is 52.1 Å².